The van der Waals surface area contributed by atoms with E-state index < -0.39 is 0 Å². The van der Waals surface area contributed by atoms with Gasteiger partial charge in [-0.2, -0.15) is 0 Å². The van der Waals surface area contributed by atoms with Gasteiger partial charge in [0.2, 0.25) is 0 Å². The quantitative estimate of drug-likeness (QED) is 0.808. The summed E-state index contributed by atoms with van der Waals surface area (Å²) < 4.78 is 10.2. The first-order valence-corrected chi connectivity index (χ1v) is 6.34. The predicted molar refractivity (Wildman–Crippen MR) is 69.8 cm³/mol. The normalized spacial score (nSPS) is 14.7. The van der Waals surface area contributed by atoms with Crippen LogP contribution in [0, 0.1) is 5.92 Å². The van der Waals surface area contributed by atoms with Gasteiger partial charge >= 0.3 is 0 Å². The van der Waals surface area contributed by atoms with Gasteiger partial charge in [-0.3, -0.25) is 0 Å². The van der Waals surface area contributed by atoms with Gasteiger partial charge < -0.3 is 14.5 Å². The third-order valence-corrected chi connectivity index (χ3v) is 3.10. The molecule has 0 saturated heterocycles. The monoisotopic (exact) mass is 235 g/mol. The van der Waals surface area contributed by atoms with E-state index in [1.165, 1.54) is 32.2 Å². The molecule has 3 rings (SSSR count). The Labute approximate surface area is 102 Å². The summed E-state index contributed by atoms with van der Waals surface area (Å²) in [6.45, 7) is 1.20. The van der Waals surface area contributed by atoms with E-state index in [-0.39, 0.29) is 0 Å². The summed E-state index contributed by atoms with van der Waals surface area (Å²) in [5, 5.41) is 3.15. The third-order valence-electron chi connectivity index (χ3n) is 3.10. The maximum atomic E-state index is 5.18. The van der Waals surface area contributed by atoms with Crippen molar-refractivity contribution in [2.45, 2.75) is 25.7 Å². The van der Waals surface area contributed by atoms with Crippen LogP contribution in [0.25, 0.3) is 11.2 Å². The van der Waals surface area contributed by atoms with E-state index in [1.807, 2.05) is 25.2 Å². The fourth-order valence-electron chi connectivity index (χ4n) is 1.90. The summed E-state index contributed by atoms with van der Waals surface area (Å²) in [5.41, 5.74) is 1.70. The molecule has 94 valence electrons. The second-order valence-electron chi connectivity index (χ2n) is 4.60. The molecule has 2 bridgehead atoms. The van der Waals surface area contributed by atoms with Gasteiger partial charge in [-0.1, -0.05) is 12.8 Å². The number of ether oxygens (including phenoxy) is 1. The highest BCUT2D eigenvalue weighted by molar-refractivity contribution is 5.69. The first-order chi connectivity index (χ1) is 8.33. The van der Waals surface area contributed by atoms with Gasteiger partial charge in [0.1, 0.15) is 5.58 Å². The molecule has 1 saturated carbocycles. The lowest BCUT2D eigenvalue weighted by Gasteiger charge is -1.94. The zero-order valence-electron chi connectivity index (χ0n) is 10.7. The smallest absolute Gasteiger partial charge is 0.169 e. The van der Waals surface area contributed by atoms with Gasteiger partial charge in [0.15, 0.2) is 11.3 Å². The van der Waals surface area contributed by atoms with Crippen LogP contribution >= 0.6 is 0 Å². The van der Waals surface area contributed by atoms with Crippen molar-refractivity contribution in [2.75, 3.05) is 20.7 Å². The predicted octanol–water partition coefficient (Wildman–Crippen LogP) is 3.28. The fourth-order valence-corrected chi connectivity index (χ4v) is 1.90. The molecule has 0 spiro atoms. The van der Waals surface area contributed by atoms with Crippen LogP contribution in [0.2, 0.25) is 0 Å². The number of nitrogens with one attached hydrogen (secondary N) is 1. The number of hydrogen-bond acceptors (Lipinski definition) is 3. The summed E-state index contributed by atoms with van der Waals surface area (Å²) in [7, 11) is 3.66. The minimum absolute atomic E-state index is 0.826. The SMILES string of the molecule is CNCCCC1CC1.COc1cc2ccc1o2. The molecule has 0 unspecified atom stereocenters. The number of furan rings is 2. The summed E-state index contributed by atoms with van der Waals surface area (Å²) in [6.07, 6.45) is 5.84. The molecule has 0 aromatic carbocycles. The molecule has 3 nitrogen and oxygen atoms in total. The molecule has 1 N–H and O–H groups in total. The molecule has 2 aromatic heterocycles. The van der Waals surface area contributed by atoms with Crippen molar-refractivity contribution in [3.63, 3.8) is 0 Å². The van der Waals surface area contributed by atoms with Crippen molar-refractivity contribution in [3.05, 3.63) is 18.2 Å². The summed E-state index contributed by atoms with van der Waals surface area (Å²) in [5.74, 6) is 1.94. The maximum absolute atomic E-state index is 5.18. The summed E-state index contributed by atoms with van der Waals surface area (Å²) in [4.78, 5) is 0. The average molecular weight is 235 g/mol. The van der Waals surface area contributed by atoms with E-state index in [2.05, 4.69) is 5.32 Å². The van der Waals surface area contributed by atoms with Gasteiger partial charge in [0, 0.05) is 6.07 Å². The van der Waals surface area contributed by atoms with Crippen molar-refractivity contribution < 1.29 is 9.15 Å². The molecule has 17 heavy (non-hydrogen) atoms. The molecule has 1 aliphatic rings. The van der Waals surface area contributed by atoms with Gasteiger partial charge in [-0.15, -0.1) is 0 Å². The second kappa shape index (κ2) is 5.92. The van der Waals surface area contributed by atoms with Crippen LogP contribution in [-0.2, 0) is 0 Å². The molecule has 0 radical (unpaired) electrons. The highest BCUT2D eigenvalue weighted by Crippen LogP contribution is 2.33. The minimum atomic E-state index is 0.826. The Bertz CT molecular complexity index is 420. The molecule has 0 amide bonds. The number of benzene rings is 1. The Balaban J connectivity index is 0.000000128. The summed E-state index contributed by atoms with van der Waals surface area (Å²) in [6, 6.07) is 5.68. The Kier molecular flexibility index (Phi) is 4.26. The Morgan fingerprint density at radius 2 is 2.24 bits per heavy atom. The van der Waals surface area contributed by atoms with Crippen LogP contribution < -0.4 is 10.1 Å². The lowest BCUT2D eigenvalue weighted by atomic mass is 10.2. The van der Waals surface area contributed by atoms with E-state index in [4.69, 9.17) is 9.15 Å². The van der Waals surface area contributed by atoms with Gasteiger partial charge in [0.25, 0.3) is 0 Å². The van der Waals surface area contributed by atoms with E-state index in [9.17, 15) is 0 Å². The zero-order valence-corrected chi connectivity index (χ0v) is 10.7. The first kappa shape index (κ1) is 12.2. The summed E-state index contributed by atoms with van der Waals surface area (Å²) >= 11 is 0. The van der Waals surface area contributed by atoms with E-state index in [1.54, 1.807) is 7.11 Å². The molecule has 0 aliphatic heterocycles. The lowest BCUT2D eigenvalue weighted by Crippen LogP contribution is -2.07. The Hall–Kier alpha value is -1.22. The van der Waals surface area contributed by atoms with Crippen molar-refractivity contribution >= 4 is 11.2 Å². The van der Waals surface area contributed by atoms with Gasteiger partial charge in [-0.05, 0) is 44.5 Å². The minimum Gasteiger partial charge on any atom is -0.493 e. The Morgan fingerprint density at radius 1 is 1.41 bits per heavy atom. The molecule has 1 fully saturated rings. The molecule has 2 aromatic rings. The van der Waals surface area contributed by atoms with Crippen LogP contribution in [0.15, 0.2) is 22.6 Å². The Morgan fingerprint density at radius 3 is 2.65 bits per heavy atom. The average Bonchev–Trinajstić information content (AvgIpc) is 2.94. The lowest BCUT2D eigenvalue weighted by molar-refractivity contribution is 0.416. The van der Waals surface area contributed by atoms with Crippen LogP contribution in [0.4, 0.5) is 0 Å². The molecule has 1 aliphatic carbocycles. The number of fused-ring (bicyclic) bond motifs is 2. The standard InChI is InChI=1S/C7H15N.C7H6O2/c1-8-6-2-3-7-4-5-7;1-8-7-4-5-2-3-6(7)9-5/h7-8H,2-6H2,1H3;2-4H,1H3. The maximum Gasteiger partial charge on any atom is 0.169 e. The number of hydrogen-bond donors (Lipinski definition) is 1. The second-order valence-corrected chi connectivity index (χ2v) is 4.60. The zero-order chi connectivity index (χ0) is 12.1. The van der Waals surface area contributed by atoms with E-state index in [0.29, 0.717) is 0 Å². The molecular formula is C14H21NO2. The van der Waals surface area contributed by atoms with Crippen molar-refractivity contribution in [1.82, 2.24) is 5.32 Å². The van der Waals surface area contributed by atoms with E-state index >= 15 is 0 Å². The third kappa shape index (κ3) is 3.63. The number of methoxy groups -OCH3 is 1. The van der Waals surface area contributed by atoms with Gasteiger partial charge in [-0.25, -0.2) is 0 Å². The number of rotatable bonds is 5. The molecule has 3 heteroatoms. The van der Waals surface area contributed by atoms with Gasteiger partial charge in [0.05, 0.1) is 7.11 Å². The van der Waals surface area contributed by atoms with Crippen molar-refractivity contribution in [1.29, 1.82) is 0 Å². The first-order valence-electron chi connectivity index (χ1n) is 6.34. The fraction of sp³-hybridized carbons (Fsp3) is 0.571. The molecular weight excluding hydrogens is 214 g/mol. The molecule has 0 atom stereocenters. The van der Waals surface area contributed by atoms with Crippen LogP contribution in [0.5, 0.6) is 5.75 Å². The van der Waals surface area contributed by atoms with Crippen LogP contribution in [0.1, 0.15) is 25.7 Å². The largest absolute Gasteiger partial charge is 0.493 e. The molecule has 2 heterocycles. The highest BCUT2D eigenvalue weighted by Gasteiger charge is 2.19. The topological polar surface area (TPSA) is 34.4 Å². The van der Waals surface area contributed by atoms with Crippen molar-refractivity contribution in [2.24, 2.45) is 5.92 Å². The van der Waals surface area contributed by atoms with Crippen LogP contribution in [-0.4, -0.2) is 20.7 Å². The van der Waals surface area contributed by atoms with E-state index in [0.717, 1.165) is 22.8 Å². The van der Waals surface area contributed by atoms with Crippen LogP contribution in [0.3, 0.4) is 0 Å². The van der Waals surface area contributed by atoms with Crippen molar-refractivity contribution in [3.8, 4) is 5.75 Å². The highest BCUT2D eigenvalue weighted by atomic mass is 16.5.